The van der Waals surface area contributed by atoms with Crippen LogP contribution in [-0.4, -0.2) is 35.6 Å². The van der Waals surface area contributed by atoms with Gasteiger partial charge in [0.05, 0.1) is 5.41 Å². The lowest BCUT2D eigenvalue weighted by molar-refractivity contribution is -0.153. The van der Waals surface area contributed by atoms with Crippen LogP contribution in [-0.2, 0) is 4.79 Å². The highest BCUT2D eigenvalue weighted by molar-refractivity contribution is 5.75. The Hall–Kier alpha value is -0.570. The quantitative estimate of drug-likeness (QED) is 0.776. The van der Waals surface area contributed by atoms with E-state index in [0.717, 1.165) is 57.2 Å². The van der Waals surface area contributed by atoms with Crippen LogP contribution in [0.15, 0.2) is 0 Å². The molecule has 0 aliphatic heterocycles. The molecule has 0 saturated heterocycles. The summed E-state index contributed by atoms with van der Waals surface area (Å²) in [5.74, 6) is 1.90. The molecule has 0 aromatic rings. The van der Waals surface area contributed by atoms with E-state index in [0.29, 0.717) is 5.92 Å². The van der Waals surface area contributed by atoms with E-state index in [1.807, 2.05) is 0 Å². The van der Waals surface area contributed by atoms with Gasteiger partial charge in [-0.05, 0) is 69.1 Å². The normalized spacial score (nSPS) is 34.4. The molecule has 0 heterocycles. The van der Waals surface area contributed by atoms with Gasteiger partial charge in [-0.25, -0.2) is 0 Å². The minimum absolute atomic E-state index is 0.448. The first-order chi connectivity index (χ1) is 9.57. The van der Waals surface area contributed by atoms with Crippen molar-refractivity contribution in [2.45, 2.75) is 58.3 Å². The lowest BCUT2D eigenvalue weighted by Gasteiger charge is -2.39. The molecular weight excluding hydrogens is 250 g/mol. The molecule has 1 N–H and O–H groups in total. The Labute approximate surface area is 122 Å². The molecule has 3 nitrogen and oxygen atoms in total. The summed E-state index contributed by atoms with van der Waals surface area (Å²) < 4.78 is 0. The van der Waals surface area contributed by atoms with Crippen molar-refractivity contribution in [2.75, 3.05) is 19.6 Å². The molecule has 0 amide bonds. The molecule has 3 rings (SSSR count). The second-order valence-corrected chi connectivity index (χ2v) is 7.85. The molecule has 0 unspecified atom stereocenters. The number of carboxylic acids is 1. The summed E-state index contributed by atoms with van der Waals surface area (Å²) in [5.41, 5.74) is -0.448. The van der Waals surface area contributed by atoms with Crippen molar-refractivity contribution < 1.29 is 9.90 Å². The largest absolute Gasteiger partial charge is 0.481 e. The summed E-state index contributed by atoms with van der Waals surface area (Å²) in [6.07, 6.45) is 9.39. The van der Waals surface area contributed by atoms with E-state index < -0.39 is 11.4 Å². The van der Waals surface area contributed by atoms with Crippen LogP contribution >= 0.6 is 0 Å². The van der Waals surface area contributed by atoms with Gasteiger partial charge in [-0.2, -0.15) is 0 Å². The molecule has 114 valence electrons. The summed E-state index contributed by atoms with van der Waals surface area (Å²) in [6.45, 7) is 5.38. The van der Waals surface area contributed by atoms with Gasteiger partial charge in [-0.3, -0.25) is 4.79 Å². The molecular formula is C17H29NO2. The number of carbonyl (C=O) groups is 1. The molecule has 3 fully saturated rings. The third kappa shape index (κ3) is 3.55. The smallest absolute Gasteiger partial charge is 0.310 e. The van der Waals surface area contributed by atoms with E-state index >= 15 is 0 Å². The van der Waals surface area contributed by atoms with Gasteiger partial charge in [-0.15, -0.1) is 0 Å². The van der Waals surface area contributed by atoms with Crippen LogP contribution in [0.2, 0.25) is 0 Å². The van der Waals surface area contributed by atoms with E-state index in [2.05, 4.69) is 11.8 Å². The Balaban J connectivity index is 1.63. The first kappa shape index (κ1) is 14.4. The maximum atomic E-state index is 11.9. The van der Waals surface area contributed by atoms with Gasteiger partial charge in [0, 0.05) is 19.6 Å². The van der Waals surface area contributed by atoms with Crippen molar-refractivity contribution in [3.63, 3.8) is 0 Å². The molecule has 0 aromatic heterocycles. The highest BCUT2D eigenvalue weighted by Gasteiger charge is 2.43. The van der Waals surface area contributed by atoms with E-state index in [1.54, 1.807) is 0 Å². The molecule has 20 heavy (non-hydrogen) atoms. The van der Waals surface area contributed by atoms with Crippen LogP contribution < -0.4 is 0 Å². The fourth-order valence-corrected chi connectivity index (χ4v) is 3.72. The number of carboxylic acid groups (broad SMARTS) is 1. The maximum absolute atomic E-state index is 11.9. The van der Waals surface area contributed by atoms with Crippen molar-refractivity contribution in [3.8, 4) is 0 Å². The molecule has 0 atom stereocenters. The Morgan fingerprint density at radius 1 is 1.05 bits per heavy atom. The van der Waals surface area contributed by atoms with Gasteiger partial charge in [0.1, 0.15) is 0 Å². The Morgan fingerprint density at radius 2 is 1.55 bits per heavy atom. The summed E-state index contributed by atoms with van der Waals surface area (Å²) in [5, 5.41) is 9.80. The molecule has 0 spiro atoms. The van der Waals surface area contributed by atoms with Gasteiger partial charge >= 0.3 is 5.97 Å². The van der Waals surface area contributed by atoms with Crippen LogP contribution in [0.3, 0.4) is 0 Å². The molecule has 0 aromatic carbocycles. The Morgan fingerprint density at radius 3 is 1.95 bits per heavy atom. The minimum atomic E-state index is -0.541. The van der Waals surface area contributed by atoms with Crippen LogP contribution in [0.4, 0.5) is 0 Å². The fourth-order valence-electron chi connectivity index (χ4n) is 3.72. The zero-order chi connectivity index (χ0) is 14.2. The van der Waals surface area contributed by atoms with Crippen LogP contribution in [0.5, 0.6) is 0 Å². The lowest BCUT2D eigenvalue weighted by atomic mass is 9.70. The highest BCUT2D eigenvalue weighted by atomic mass is 16.4. The van der Waals surface area contributed by atoms with Crippen LogP contribution in [0, 0.1) is 23.2 Å². The van der Waals surface area contributed by atoms with E-state index in [1.165, 1.54) is 25.7 Å². The molecule has 3 aliphatic rings. The van der Waals surface area contributed by atoms with Crippen molar-refractivity contribution in [1.29, 1.82) is 0 Å². The van der Waals surface area contributed by atoms with Crippen LogP contribution in [0.25, 0.3) is 0 Å². The van der Waals surface area contributed by atoms with Crippen molar-refractivity contribution in [1.82, 2.24) is 4.90 Å². The first-order valence-electron chi connectivity index (χ1n) is 8.53. The van der Waals surface area contributed by atoms with Gasteiger partial charge in [0.2, 0.25) is 0 Å². The van der Waals surface area contributed by atoms with Gasteiger partial charge in [-0.1, -0.05) is 6.92 Å². The van der Waals surface area contributed by atoms with Gasteiger partial charge in [0.25, 0.3) is 0 Å². The second kappa shape index (κ2) is 5.67. The third-order valence-corrected chi connectivity index (χ3v) is 5.64. The van der Waals surface area contributed by atoms with Crippen molar-refractivity contribution in [3.05, 3.63) is 0 Å². The monoisotopic (exact) mass is 279 g/mol. The summed E-state index contributed by atoms with van der Waals surface area (Å²) in [6, 6.07) is 0. The van der Waals surface area contributed by atoms with E-state index in [-0.39, 0.29) is 0 Å². The average Bonchev–Trinajstić information content (AvgIpc) is 3.28. The average molecular weight is 279 g/mol. The summed E-state index contributed by atoms with van der Waals surface area (Å²) >= 11 is 0. The first-order valence-corrected chi connectivity index (χ1v) is 8.53. The Bertz CT molecular complexity index is 338. The zero-order valence-corrected chi connectivity index (χ0v) is 12.8. The molecule has 0 bridgehead atoms. The van der Waals surface area contributed by atoms with Crippen molar-refractivity contribution in [2.24, 2.45) is 23.2 Å². The second-order valence-electron chi connectivity index (χ2n) is 7.85. The number of hydrogen-bond donors (Lipinski definition) is 1. The van der Waals surface area contributed by atoms with Crippen LogP contribution in [0.1, 0.15) is 58.3 Å². The summed E-state index contributed by atoms with van der Waals surface area (Å²) in [7, 11) is 0. The molecule has 3 saturated carbocycles. The molecule has 0 radical (unpaired) electrons. The third-order valence-electron chi connectivity index (χ3n) is 5.64. The maximum Gasteiger partial charge on any atom is 0.310 e. The predicted molar refractivity (Wildman–Crippen MR) is 79.6 cm³/mol. The van der Waals surface area contributed by atoms with E-state index in [9.17, 15) is 9.90 Å². The summed E-state index contributed by atoms with van der Waals surface area (Å²) in [4.78, 5) is 14.4. The number of nitrogens with zero attached hydrogens (tertiary/aromatic N) is 1. The van der Waals surface area contributed by atoms with Gasteiger partial charge in [0.15, 0.2) is 0 Å². The fraction of sp³-hybridized carbons (Fsp3) is 0.941. The SMILES string of the molecule is CC1CCC(CN(CC2CC2)CC2CC2)(C(=O)O)CC1. The zero-order valence-electron chi connectivity index (χ0n) is 12.8. The number of hydrogen-bond acceptors (Lipinski definition) is 2. The predicted octanol–water partition coefficient (Wildman–Crippen LogP) is 3.39. The van der Waals surface area contributed by atoms with Gasteiger partial charge < -0.3 is 10.0 Å². The Kier molecular flexibility index (Phi) is 4.07. The van der Waals surface area contributed by atoms with E-state index in [4.69, 9.17) is 0 Å². The number of aliphatic carboxylic acids is 1. The topological polar surface area (TPSA) is 40.5 Å². The standard InChI is InChI=1S/C17H29NO2/c1-13-6-8-17(9-7-13,16(19)20)12-18(10-14-2-3-14)11-15-4-5-15/h13-15H,2-12H2,1H3,(H,19,20). The molecule has 3 heteroatoms. The minimum Gasteiger partial charge on any atom is -0.481 e. The highest BCUT2D eigenvalue weighted by Crippen LogP contribution is 2.42. The van der Waals surface area contributed by atoms with Crippen molar-refractivity contribution >= 4 is 5.97 Å². The lowest BCUT2D eigenvalue weighted by Crippen LogP contribution is -2.46. The number of rotatable bonds is 7. The molecule has 3 aliphatic carbocycles.